The molecule has 2 atom stereocenters. The Morgan fingerprint density at radius 2 is 1.56 bits per heavy atom. The highest BCUT2D eigenvalue weighted by atomic mass is 28.4. The van der Waals surface area contributed by atoms with Crippen LogP contribution in [0.3, 0.4) is 0 Å². The van der Waals surface area contributed by atoms with Crippen LogP contribution in [0.25, 0.3) is 11.3 Å². The number of carbonyl (C=O) groups excluding carboxylic acids is 2. The fourth-order valence-corrected chi connectivity index (χ4v) is 9.77. The summed E-state index contributed by atoms with van der Waals surface area (Å²) in [6.45, 7) is 19.9. The predicted molar refractivity (Wildman–Crippen MR) is 246 cm³/mol. The highest BCUT2D eigenvalue weighted by Crippen LogP contribution is 2.40. The zero-order valence-corrected chi connectivity index (χ0v) is 37.7. The van der Waals surface area contributed by atoms with Gasteiger partial charge in [-0.05, 0) is 103 Å². The van der Waals surface area contributed by atoms with E-state index in [9.17, 15) is 0 Å². The molecule has 0 saturated carbocycles. The highest BCUT2D eigenvalue weighted by Gasteiger charge is 2.39. The van der Waals surface area contributed by atoms with E-state index in [1.54, 1.807) is 17.0 Å². The maximum atomic E-state index is 15.6. The predicted octanol–water partition coefficient (Wildman–Crippen LogP) is 10.1. The summed E-state index contributed by atoms with van der Waals surface area (Å²) in [6.07, 6.45) is 3.43. The van der Waals surface area contributed by atoms with E-state index in [0.29, 0.717) is 86.1 Å². The van der Waals surface area contributed by atoms with Gasteiger partial charge in [0.25, 0.3) is 11.8 Å². The van der Waals surface area contributed by atoms with Crippen molar-refractivity contribution < 1.29 is 27.9 Å². The quantitative estimate of drug-likeness (QED) is 0.0919. The first-order valence-corrected chi connectivity index (χ1v) is 24.8. The fourth-order valence-electron chi connectivity index (χ4n) is 8.74. The summed E-state index contributed by atoms with van der Waals surface area (Å²) in [5.74, 6) is -0.0942. The summed E-state index contributed by atoms with van der Waals surface area (Å²) in [5, 5.41) is 0.0210. The van der Waals surface area contributed by atoms with Crippen LogP contribution in [0.4, 0.5) is 15.8 Å². The Bertz CT molecular complexity index is 2400. The number of carbonyl (C=O) groups is 2. The van der Waals surface area contributed by atoms with Crippen molar-refractivity contribution in [1.29, 1.82) is 0 Å². The third-order valence-electron chi connectivity index (χ3n) is 13.2. The molecule has 5 aromatic rings. The van der Waals surface area contributed by atoms with Gasteiger partial charge >= 0.3 is 0 Å². The monoisotopic (exact) mass is 854 g/mol. The first kappa shape index (κ1) is 43.3. The number of benzene rings is 4. The molecule has 324 valence electrons. The second kappa shape index (κ2) is 18.2. The van der Waals surface area contributed by atoms with E-state index in [1.165, 1.54) is 17.7 Å². The molecule has 1 aromatic heterocycles. The second-order valence-electron chi connectivity index (χ2n) is 18.3. The van der Waals surface area contributed by atoms with Gasteiger partial charge in [-0.1, -0.05) is 69.3 Å². The molecule has 1 saturated heterocycles. The molecule has 0 bridgehead atoms. The number of fused-ring (bicyclic) bond motifs is 2. The average molecular weight is 855 g/mol. The van der Waals surface area contributed by atoms with Crippen LogP contribution in [-0.2, 0) is 35.4 Å². The first-order valence-electron chi connectivity index (χ1n) is 21.9. The molecule has 0 N–H and O–H groups in total. The van der Waals surface area contributed by atoms with Crippen LogP contribution in [0, 0.1) is 5.82 Å². The first-order chi connectivity index (χ1) is 29.8. The Labute approximate surface area is 366 Å². The van der Waals surface area contributed by atoms with Gasteiger partial charge in [0.15, 0.2) is 0 Å². The van der Waals surface area contributed by atoms with E-state index in [0.717, 1.165) is 36.5 Å². The van der Waals surface area contributed by atoms with E-state index in [4.69, 9.17) is 13.9 Å². The lowest BCUT2D eigenvalue weighted by molar-refractivity contribution is 0.0193. The molecule has 11 heteroatoms. The Morgan fingerprint density at radius 3 is 2.27 bits per heavy atom. The number of halogens is 1. The van der Waals surface area contributed by atoms with Gasteiger partial charge in [-0.25, -0.2) is 4.39 Å². The van der Waals surface area contributed by atoms with Gasteiger partial charge in [-0.3, -0.25) is 19.4 Å². The molecule has 62 heavy (non-hydrogen) atoms. The zero-order chi connectivity index (χ0) is 43.6. The SMILES string of the molecule is C=CCOC1CCn2c(-c3cc(F)ccc3C(=O)N3Cc4ccccc4C[C@H]3CN3CCOCC3)cc(C(=O)N(c3ccccc3)c3ccc(O[Si](C)(C)C(C)(C)C)cc3)c2C1. The maximum absolute atomic E-state index is 15.6. The van der Waals surface area contributed by atoms with Crippen molar-refractivity contribution >= 4 is 31.5 Å². The van der Waals surface area contributed by atoms with Crippen molar-refractivity contribution in [2.45, 2.75) is 83.4 Å². The molecule has 0 spiro atoms. The molecule has 9 nitrogen and oxygen atoms in total. The number of rotatable bonds is 12. The number of anilines is 2. The lowest BCUT2D eigenvalue weighted by atomic mass is 9.92. The molecule has 3 aliphatic heterocycles. The molecule has 0 radical (unpaired) electrons. The van der Waals surface area contributed by atoms with Crippen LogP contribution in [0.15, 0.2) is 116 Å². The molecule has 4 heterocycles. The number of hydrogen-bond donors (Lipinski definition) is 0. The molecule has 3 aliphatic rings. The lowest BCUT2D eigenvalue weighted by Gasteiger charge is -2.40. The Hall–Kier alpha value is -5.33. The molecule has 1 unspecified atom stereocenters. The van der Waals surface area contributed by atoms with Crippen LogP contribution >= 0.6 is 0 Å². The minimum atomic E-state index is -2.11. The number of nitrogens with zero attached hydrogens (tertiary/aromatic N) is 4. The summed E-state index contributed by atoms with van der Waals surface area (Å²) >= 11 is 0. The van der Waals surface area contributed by atoms with Crippen LogP contribution in [0.2, 0.25) is 18.1 Å². The number of aromatic nitrogens is 1. The average Bonchev–Trinajstić information content (AvgIpc) is 3.65. The van der Waals surface area contributed by atoms with Crippen molar-refractivity contribution in [3.63, 3.8) is 0 Å². The fraction of sp³-hybridized carbons (Fsp3) is 0.373. The van der Waals surface area contributed by atoms with Crippen LogP contribution in [0.5, 0.6) is 5.75 Å². The van der Waals surface area contributed by atoms with Gasteiger partial charge < -0.3 is 23.4 Å². The van der Waals surface area contributed by atoms with Gasteiger partial charge in [-0.2, -0.15) is 0 Å². The number of para-hydroxylation sites is 1. The van der Waals surface area contributed by atoms with Crippen LogP contribution in [-0.4, -0.2) is 86.1 Å². The maximum Gasteiger partial charge on any atom is 0.264 e. The second-order valence-corrected chi connectivity index (χ2v) is 23.0. The van der Waals surface area contributed by atoms with Crippen molar-refractivity contribution in [2.75, 3.05) is 44.4 Å². The minimum absolute atomic E-state index is 0.0210. The summed E-state index contributed by atoms with van der Waals surface area (Å²) in [4.78, 5) is 36.6. The van der Waals surface area contributed by atoms with Gasteiger partial charge in [0, 0.05) is 79.1 Å². The van der Waals surface area contributed by atoms with E-state index < -0.39 is 14.1 Å². The largest absolute Gasteiger partial charge is 0.544 e. The van der Waals surface area contributed by atoms with E-state index in [-0.39, 0.29) is 29.0 Å². The molecule has 0 aliphatic carbocycles. The topological polar surface area (TPSA) is 76.5 Å². The minimum Gasteiger partial charge on any atom is -0.544 e. The summed E-state index contributed by atoms with van der Waals surface area (Å²) in [7, 11) is -2.11. The lowest BCUT2D eigenvalue weighted by Crippen LogP contribution is -2.52. The van der Waals surface area contributed by atoms with Gasteiger partial charge in [0.2, 0.25) is 8.32 Å². The van der Waals surface area contributed by atoms with Gasteiger partial charge in [0.05, 0.1) is 31.5 Å². The van der Waals surface area contributed by atoms with Gasteiger partial charge in [-0.15, -0.1) is 6.58 Å². The molecule has 1 fully saturated rings. The molecular formula is C51H59FN4O5Si. The van der Waals surface area contributed by atoms with Crippen LogP contribution in [0.1, 0.15) is 64.7 Å². The normalized spacial score (nSPS) is 18.1. The Balaban J connectivity index is 1.20. The third kappa shape index (κ3) is 9.08. The summed E-state index contributed by atoms with van der Waals surface area (Å²) in [6, 6.07) is 31.9. The highest BCUT2D eigenvalue weighted by molar-refractivity contribution is 6.74. The van der Waals surface area contributed by atoms with E-state index >= 15 is 14.0 Å². The van der Waals surface area contributed by atoms with Crippen molar-refractivity contribution in [1.82, 2.24) is 14.4 Å². The van der Waals surface area contributed by atoms with Crippen molar-refractivity contribution in [2.24, 2.45) is 0 Å². The third-order valence-corrected chi connectivity index (χ3v) is 17.5. The summed E-state index contributed by atoms with van der Waals surface area (Å²) in [5.41, 5.74) is 6.48. The van der Waals surface area contributed by atoms with Crippen molar-refractivity contribution in [3.8, 4) is 17.0 Å². The molecule has 8 rings (SSSR count). The Kier molecular flexibility index (Phi) is 12.7. The number of morpholine rings is 1. The van der Waals surface area contributed by atoms with Crippen molar-refractivity contribution in [3.05, 3.63) is 150 Å². The molecular weight excluding hydrogens is 796 g/mol. The van der Waals surface area contributed by atoms with E-state index in [2.05, 4.69) is 68.1 Å². The zero-order valence-electron chi connectivity index (χ0n) is 36.7. The number of hydrogen-bond acceptors (Lipinski definition) is 6. The molecule has 2 amide bonds. The van der Waals surface area contributed by atoms with Gasteiger partial charge in [0.1, 0.15) is 11.6 Å². The smallest absolute Gasteiger partial charge is 0.264 e. The molecule has 4 aromatic carbocycles. The van der Waals surface area contributed by atoms with E-state index in [1.807, 2.05) is 71.6 Å². The standard InChI is InChI=1S/C51H59FN4O5Si/c1-7-27-60-43-23-24-54-47(32-43)46(50(58)56(39-15-9-8-10-16-39)40-18-20-42(21-19-40)61-62(5,6)51(2,3)4)33-48(54)45-31-38(52)17-22-44(45)49(57)55-34-37-14-12-11-13-36(37)30-41(55)35-53-25-28-59-29-26-53/h7-22,31,33,41,43H,1,23-30,32,34-35H2,2-6H3/t41-,43?/m0/s1. The summed E-state index contributed by atoms with van der Waals surface area (Å²) < 4.78 is 36.2. The number of amides is 2. The number of ether oxygens (including phenoxy) is 2. The Morgan fingerprint density at radius 1 is 0.871 bits per heavy atom. The van der Waals surface area contributed by atoms with Crippen LogP contribution < -0.4 is 9.33 Å².